The van der Waals surface area contributed by atoms with Crippen LogP contribution in [0.1, 0.15) is 12.5 Å². The van der Waals surface area contributed by atoms with E-state index in [9.17, 15) is 18.1 Å². The van der Waals surface area contributed by atoms with E-state index in [2.05, 4.69) is 34.6 Å². The zero-order valence-corrected chi connectivity index (χ0v) is 25.8. The fourth-order valence-corrected chi connectivity index (χ4v) is 7.93. The number of fused-ring (bicyclic) bond motifs is 5. The number of aromatic nitrogens is 8. The van der Waals surface area contributed by atoms with Crippen LogP contribution in [0.25, 0.3) is 22.3 Å². The van der Waals surface area contributed by atoms with Gasteiger partial charge < -0.3 is 35.1 Å². The van der Waals surface area contributed by atoms with Gasteiger partial charge in [0.15, 0.2) is 47.4 Å². The Morgan fingerprint density at radius 3 is 2.57 bits per heavy atom. The molecular formula is C21H25FN11O10PS2. The van der Waals surface area contributed by atoms with Crippen LogP contribution in [0.3, 0.4) is 0 Å². The summed E-state index contributed by atoms with van der Waals surface area (Å²) in [7, 11) is -3.42. The molecule has 4 aromatic heterocycles. The minimum Gasteiger partial charge on any atom is -0.382 e. The van der Waals surface area contributed by atoms with Crippen LogP contribution >= 0.6 is 6.72 Å². The Morgan fingerprint density at radius 1 is 1.09 bits per heavy atom. The van der Waals surface area contributed by atoms with Gasteiger partial charge in [0.2, 0.25) is 5.95 Å². The van der Waals surface area contributed by atoms with E-state index in [4.69, 9.17) is 50.7 Å². The minimum atomic E-state index is -4.68. The number of nitrogens with two attached hydrogens (primary N) is 2. The highest BCUT2D eigenvalue weighted by atomic mass is 32.5. The number of anilines is 2. The van der Waals surface area contributed by atoms with Gasteiger partial charge in [-0.05, 0) is 11.8 Å². The maximum absolute atomic E-state index is 16.1. The molecule has 25 heteroatoms. The van der Waals surface area contributed by atoms with Gasteiger partial charge in [0.1, 0.15) is 36.3 Å². The van der Waals surface area contributed by atoms with Crippen molar-refractivity contribution in [1.29, 1.82) is 0 Å². The van der Waals surface area contributed by atoms with Crippen LogP contribution in [0, 0.1) is 0 Å². The predicted octanol–water partition coefficient (Wildman–Crippen LogP) is -1.88. The van der Waals surface area contributed by atoms with Crippen molar-refractivity contribution in [3.05, 3.63) is 29.3 Å². The number of nitrogens with zero attached hydrogens (tertiary/aromatic N) is 7. The monoisotopic (exact) mass is 705 g/mol. The second-order valence-corrected chi connectivity index (χ2v) is 14.5. The first-order valence-corrected chi connectivity index (χ1v) is 17.3. The van der Waals surface area contributed by atoms with Crippen LogP contribution in [0.15, 0.2) is 23.8 Å². The van der Waals surface area contributed by atoms with Crippen molar-refractivity contribution < 1.29 is 45.1 Å². The number of rotatable bonds is 3. The molecular weight excluding hydrogens is 680 g/mol. The van der Waals surface area contributed by atoms with E-state index in [1.54, 1.807) is 0 Å². The summed E-state index contributed by atoms with van der Waals surface area (Å²) in [6, 6.07) is 0. The molecule has 3 saturated heterocycles. The first-order valence-electron chi connectivity index (χ1n) is 13.3. The highest BCUT2D eigenvalue weighted by Crippen LogP contribution is 2.50. The maximum Gasteiger partial charge on any atom is 0.336 e. The van der Waals surface area contributed by atoms with Crippen LogP contribution in [-0.2, 0) is 49.6 Å². The Bertz CT molecular complexity index is 2030. The van der Waals surface area contributed by atoms with E-state index in [0.717, 1.165) is 6.33 Å². The number of ether oxygens (including phenoxy) is 3. The minimum absolute atomic E-state index is 0.0411. The molecule has 0 aliphatic carbocycles. The smallest absolute Gasteiger partial charge is 0.336 e. The number of halogens is 1. The van der Waals surface area contributed by atoms with Crippen LogP contribution in [0.2, 0.25) is 0 Å². The lowest BCUT2D eigenvalue weighted by Crippen LogP contribution is -2.44. The van der Waals surface area contributed by atoms with Crippen LogP contribution in [-0.4, -0.2) is 109 Å². The first-order chi connectivity index (χ1) is 21.9. The van der Waals surface area contributed by atoms with Gasteiger partial charge in [0.25, 0.3) is 5.56 Å². The molecule has 0 aromatic carbocycles. The number of aromatic amines is 1. The van der Waals surface area contributed by atoms with E-state index >= 15 is 4.39 Å². The zero-order chi connectivity index (χ0) is 32.5. The lowest BCUT2D eigenvalue weighted by molar-refractivity contribution is -0.0534. The molecule has 21 nitrogen and oxygen atoms in total. The van der Waals surface area contributed by atoms with Crippen molar-refractivity contribution in [2.45, 2.75) is 49.1 Å². The predicted molar refractivity (Wildman–Crippen MR) is 155 cm³/mol. The number of hydrogen-bond acceptors (Lipinski definition) is 17. The summed E-state index contributed by atoms with van der Waals surface area (Å²) in [5, 5.41) is 0. The van der Waals surface area contributed by atoms with E-state index in [0.29, 0.717) is 0 Å². The molecule has 1 unspecified atom stereocenters. The highest BCUT2D eigenvalue weighted by Gasteiger charge is 2.53. The van der Waals surface area contributed by atoms with Crippen molar-refractivity contribution in [2.24, 2.45) is 0 Å². The standard InChI is InChI=1S/C21H25FN11O10PS2/c1-38-13-8-3-39-44(35,45)42-12-7(40-19(9(12)22)32-5-27-10-15(23)25-4-26-16(10)32)2-29-46(36,37)43-14(13)20(41-8)33-6-28-11-17(33)30-21(24)31-18(11)34/h4-9,12-14,19-20,29H,2-3H2,1H3,(H,35,45)(H2,23,25,26)(H3,24,30,31,34)/t7-,8-,9-,12-,13-,14-,19-,20-,44?/m1/s1. The van der Waals surface area contributed by atoms with Crippen LogP contribution in [0.5, 0.6) is 0 Å². The average Bonchev–Trinajstić information content (AvgIpc) is 3.75. The highest BCUT2D eigenvalue weighted by molar-refractivity contribution is 8.07. The maximum atomic E-state index is 16.1. The molecule has 7 N–H and O–H groups in total. The number of hydrogen-bond donors (Lipinski definition) is 5. The SMILES string of the molecule is CO[C@H]1[C@H]2OS(=O)(=O)NC[C@H]3O[C@@H](n4cnc5c(N)ncnc54)[C@H](F)[C@@H]3OP(O)(=S)OC[C@H]1O[C@H]2n1cnc2c(=O)[nH]c(N)nc21. The molecule has 7 rings (SSSR count). The summed E-state index contributed by atoms with van der Waals surface area (Å²) in [5.41, 5.74) is 11.1. The molecule has 0 saturated carbocycles. The summed E-state index contributed by atoms with van der Waals surface area (Å²) >= 11 is 5.20. The van der Waals surface area contributed by atoms with E-state index < -0.39 is 84.9 Å². The molecule has 7 heterocycles. The Hall–Kier alpha value is -3.29. The molecule has 3 fully saturated rings. The molecule has 3 aliphatic heterocycles. The summed E-state index contributed by atoms with van der Waals surface area (Å²) in [6.07, 6.45) is -8.00. The Kier molecular flexibility index (Phi) is 7.79. The second kappa shape index (κ2) is 11.4. The van der Waals surface area contributed by atoms with Crippen molar-refractivity contribution in [2.75, 3.05) is 31.7 Å². The number of methoxy groups -OCH3 is 1. The topological polar surface area (TPSA) is 281 Å². The van der Waals surface area contributed by atoms with Gasteiger partial charge in [-0.25, -0.2) is 28.5 Å². The average molecular weight is 706 g/mol. The van der Waals surface area contributed by atoms with Gasteiger partial charge in [-0.3, -0.25) is 23.4 Å². The van der Waals surface area contributed by atoms with Gasteiger partial charge in [-0.2, -0.15) is 18.1 Å². The van der Waals surface area contributed by atoms with Crippen molar-refractivity contribution >= 4 is 62.9 Å². The molecule has 248 valence electrons. The largest absolute Gasteiger partial charge is 0.382 e. The van der Waals surface area contributed by atoms with Gasteiger partial charge in [-0.1, -0.05) is 0 Å². The molecule has 0 radical (unpaired) electrons. The normalized spacial score (nSPS) is 35.0. The lowest BCUT2D eigenvalue weighted by Gasteiger charge is -2.26. The summed E-state index contributed by atoms with van der Waals surface area (Å²) < 4.78 is 81.6. The van der Waals surface area contributed by atoms with Crippen molar-refractivity contribution in [1.82, 2.24) is 43.8 Å². The summed E-state index contributed by atoms with van der Waals surface area (Å²) in [4.78, 5) is 45.9. The molecule has 3 aliphatic rings. The van der Waals surface area contributed by atoms with E-state index in [1.807, 2.05) is 0 Å². The fourth-order valence-electron chi connectivity index (χ4n) is 5.56. The molecule has 4 aromatic rings. The summed E-state index contributed by atoms with van der Waals surface area (Å²) in [5.74, 6) is -0.193. The molecule has 46 heavy (non-hydrogen) atoms. The van der Waals surface area contributed by atoms with Crippen LogP contribution in [0.4, 0.5) is 16.2 Å². The number of H-pyrrole nitrogens is 1. The van der Waals surface area contributed by atoms with Crippen molar-refractivity contribution in [3.63, 3.8) is 0 Å². The quantitative estimate of drug-likeness (QED) is 0.146. The van der Waals surface area contributed by atoms with Crippen LogP contribution < -0.4 is 21.7 Å². The molecule has 0 spiro atoms. The lowest BCUT2D eigenvalue weighted by atomic mass is 10.1. The Balaban J connectivity index is 1.22. The number of nitrogen functional groups attached to an aromatic ring is 2. The van der Waals surface area contributed by atoms with Gasteiger partial charge in [0, 0.05) is 13.7 Å². The second-order valence-electron chi connectivity index (χ2n) is 10.3. The molecule has 0 amide bonds. The third-order valence-electron chi connectivity index (χ3n) is 7.57. The Morgan fingerprint density at radius 2 is 1.80 bits per heavy atom. The fraction of sp³-hybridized carbons (Fsp3) is 0.524. The zero-order valence-electron chi connectivity index (χ0n) is 23.3. The van der Waals surface area contributed by atoms with E-state index in [1.165, 1.54) is 28.9 Å². The third-order valence-corrected chi connectivity index (χ3v) is 10.1. The Labute approximate surface area is 261 Å². The molecule has 2 bridgehead atoms. The number of alkyl halides is 1. The van der Waals surface area contributed by atoms with Gasteiger partial charge in [0.05, 0.1) is 19.3 Å². The van der Waals surface area contributed by atoms with Crippen molar-refractivity contribution in [3.8, 4) is 0 Å². The molecule has 9 atom stereocenters. The van der Waals surface area contributed by atoms with Gasteiger partial charge >= 0.3 is 17.0 Å². The number of nitrogens with one attached hydrogen (secondary N) is 2. The van der Waals surface area contributed by atoms with E-state index in [-0.39, 0.29) is 34.1 Å². The first kappa shape index (κ1) is 31.3. The summed E-state index contributed by atoms with van der Waals surface area (Å²) in [6.45, 7) is -5.38. The van der Waals surface area contributed by atoms with Gasteiger partial charge in [-0.15, -0.1) is 0 Å². The number of imidazole rings is 2. The third kappa shape index (κ3) is 5.43.